The second-order valence-electron chi connectivity index (χ2n) is 5.48. The van der Waals surface area contributed by atoms with Crippen LogP contribution in [0.15, 0.2) is 24.3 Å². The predicted octanol–water partition coefficient (Wildman–Crippen LogP) is 2.98. The van der Waals surface area contributed by atoms with E-state index >= 15 is 0 Å². The van der Waals surface area contributed by atoms with E-state index in [1.807, 2.05) is 24.3 Å². The van der Waals surface area contributed by atoms with E-state index < -0.39 is 0 Å². The average molecular weight is 317 g/mol. The van der Waals surface area contributed by atoms with Crippen molar-refractivity contribution < 1.29 is 4.79 Å². The van der Waals surface area contributed by atoms with Crippen LogP contribution in [0.3, 0.4) is 0 Å². The lowest BCUT2D eigenvalue weighted by molar-refractivity contribution is -0.124. The van der Waals surface area contributed by atoms with E-state index in [1.54, 1.807) is 0 Å². The molecule has 2 N–H and O–H groups in total. The first-order valence-electron chi connectivity index (χ1n) is 6.84. The molecule has 2 rings (SSSR count). The highest BCUT2D eigenvalue weighted by atomic mass is 35.5. The molecule has 112 valence electrons. The fourth-order valence-electron chi connectivity index (χ4n) is 2.61. The summed E-state index contributed by atoms with van der Waals surface area (Å²) in [6.07, 6.45) is 1.01. The average Bonchev–Trinajstić information content (AvgIpc) is 2.81. The molecule has 0 saturated carbocycles. The molecule has 0 radical (unpaired) electrons. The summed E-state index contributed by atoms with van der Waals surface area (Å²) in [7, 11) is 0. The highest BCUT2D eigenvalue weighted by Crippen LogP contribution is 2.27. The number of hydrogen-bond acceptors (Lipinski definition) is 2. The molecule has 0 spiro atoms. The van der Waals surface area contributed by atoms with Crippen LogP contribution in [-0.4, -0.2) is 25.0 Å². The summed E-state index contributed by atoms with van der Waals surface area (Å²) in [5.41, 5.74) is 0.992. The van der Waals surface area contributed by atoms with Gasteiger partial charge in [0, 0.05) is 17.6 Å². The van der Waals surface area contributed by atoms with Crippen molar-refractivity contribution in [2.24, 2.45) is 5.92 Å². The first-order chi connectivity index (χ1) is 9.08. The lowest BCUT2D eigenvalue weighted by Crippen LogP contribution is -2.40. The molecular weight excluding hydrogens is 295 g/mol. The summed E-state index contributed by atoms with van der Waals surface area (Å²) in [6, 6.07) is 7.85. The number of carbonyl (C=O) groups excluding carboxylic acids is 1. The van der Waals surface area contributed by atoms with Gasteiger partial charge in [0.05, 0.1) is 5.92 Å². The number of rotatable bonds is 4. The van der Waals surface area contributed by atoms with Crippen molar-refractivity contribution in [3.8, 4) is 0 Å². The molecule has 0 aliphatic carbocycles. The van der Waals surface area contributed by atoms with Gasteiger partial charge in [-0.25, -0.2) is 0 Å². The smallest absolute Gasteiger partial charge is 0.228 e. The number of nitrogens with one attached hydrogen (secondary N) is 2. The minimum atomic E-state index is -0.140. The summed E-state index contributed by atoms with van der Waals surface area (Å²) >= 11 is 6.03. The molecule has 1 aliphatic heterocycles. The van der Waals surface area contributed by atoms with E-state index in [1.165, 1.54) is 0 Å². The van der Waals surface area contributed by atoms with E-state index in [0.29, 0.717) is 5.02 Å². The van der Waals surface area contributed by atoms with Gasteiger partial charge in [0.2, 0.25) is 5.91 Å². The van der Waals surface area contributed by atoms with Crippen LogP contribution in [0, 0.1) is 5.92 Å². The standard InChI is InChI=1S/C15H21ClN2O.ClH/c1-10(2)14(11-4-3-5-12(16)8-11)15(19)18-13-6-7-17-9-13;/h3-5,8,10,13-14,17H,6-7,9H2,1-2H3,(H,18,19);1H. The Balaban J connectivity index is 0.00000200. The molecule has 0 aromatic heterocycles. The van der Waals surface area contributed by atoms with Gasteiger partial charge >= 0.3 is 0 Å². The van der Waals surface area contributed by atoms with Crippen molar-refractivity contribution >= 4 is 29.9 Å². The fourth-order valence-corrected chi connectivity index (χ4v) is 2.81. The Morgan fingerprint density at radius 3 is 2.75 bits per heavy atom. The van der Waals surface area contributed by atoms with Gasteiger partial charge in [0.1, 0.15) is 0 Å². The monoisotopic (exact) mass is 316 g/mol. The number of halogens is 2. The molecule has 1 aromatic carbocycles. The van der Waals surface area contributed by atoms with Gasteiger partial charge in [-0.3, -0.25) is 4.79 Å². The minimum absolute atomic E-state index is 0. The Bertz CT molecular complexity index is 445. The molecule has 2 atom stereocenters. The van der Waals surface area contributed by atoms with Gasteiger partial charge in [0.15, 0.2) is 0 Å². The summed E-state index contributed by atoms with van der Waals surface area (Å²) < 4.78 is 0. The van der Waals surface area contributed by atoms with Crippen molar-refractivity contribution in [3.63, 3.8) is 0 Å². The van der Waals surface area contributed by atoms with Crippen LogP contribution in [0.4, 0.5) is 0 Å². The maximum Gasteiger partial charge on any atom is 0.228 e. The molecule has 0 bridgehead atoms. The molecule has 1 saturated heterocycles. The van der Waals surface area contributed by atoms with Crippen molar-refractivity contribution in [2.45, 2.75) is 32.2 Å². The largest absolute Gasteiger partial charge is 0.352 e. The third kappa shape index (κ3) is 4.37. The summed E-state index contributed by atoms with van der Waals surface area (Å²) in [4.78, 5) is 12.5. The molecule has 1 amide bonds. The lowest BCUT2D eigenvalue weighted by atomic mass is 9.87. The van der Waals surface area contributed by atoms with Crippen LogP contribution in [0.25, 0.3) is 0 Å². The zero-order valence-corrected chi connectivity index (χ0v) is 13.4. The molecule has 1 aromatic rings. The van der Waals surface area contributed by atoms with E-state index in [0.717, 1.165) is 25.1 Å². The number of amides is 1. The maximum absolute atomic E-state index is 12.5. The Labute approximate surface area is 131 Å². The zero-order valence-electron chi connectivity index (χ0n) is 11.9. The van der Waals surface area contributed by atoms with Crippen LogP contribution in [0.2, 0.25) is 5.02 Å². The van der Waals surface area contributed by atoms with E-state index in [9.17, 15) is 4.79 Å². The summed E-state index contributed by atoms with van der Waals surface area (Å²) in [5.74, 6) is 0.207. The number of hydrogen-bond donors (Lipinski definition) is 2. The van der Waals surface area contributed by atoms with Crippen LogP contribution < -0.4 is 10.6 Å². The van der Waals surface area contributed by atoms with Crippen molar-refractivity contribution in [1.29, 1.82) is 0 Å². The fraction of sp³-hybridized carbons (Fsp3) is 0.533. The van der Waals surface area contributed by atoms with Gasteiger partial charge in [-0.15, -0.1) is 12.4 Å². The maximum atomic E-state index is 12.5. The van der Waals surface area contributed by atoms with Gasteiger partial charge < -0.3 is 10.6 Å². The third-order valence-electron chi connectivity index (χ3n) is 3.56. The molecule has 5 heteroatoms. The van der Waals surface area contributed by atoms with Crippen LogP contribution in [0.5, 0.6) is 0 Å². The predicted molar refractivity (Wildman–Crippen MR) is 85.7 cm³/mol. The topological polar surface area (TPSA) is 41.1 Å². The third-order valence-corrected chi connectivity index (χ3v) is 3.80. The van der Waals surface area contributed by atoms with Gasteiger partial charge in [-0.2, -0.15) is 0 Å². The highest BCUT2D eigenvalue weighted by molar-refractivity contribution is 6.30. The van der Waals surface area contributed by atoms with Gasteiger partial charge in [-0.1, -0.05) is 37.6 Å². The second kappa shape index (κ2) is 7.87. The molecule has 3 nitrogen and oxygen atoms in total. The highest BCUT2D eigenvalue weighted by Gasteiger charge is 2.27. The van der Waals surface area contributed by atoms with Crippen molar-refractivity contribution in [3.05, 3.63) is 34.9 Å². The Kier molecular flexibility index (Phi) is 6.80. The van der Waals surface area contributed by atoms with Gasteiger partial charge in [0.25, 0.3) is 0 Å². The quantitative estimate of drug-likeness (QED) is 0.896. The van der Waals surface area contributed by atoms with Crippen LogP contribution in [0.1, 0.15) is 31.7 Å². The molecule has 1 fully saturated rings. The number of carbonyl (C=O) groups is 1. The first kappa shape index (κ1) is 17.3. The van der Waals surface area contributed by atoms with Crippen molar-refractivity contribution in [1.82, 2.24) is 10.6 Å². The molecule has 1 aliphatic rings. The first-order valence-corrected chi connectivity index (χ1v) is 7.22. The van der Waals surface area contributed by atoms with E-state index in [-0.39, 0.29) is 36.2 Å². The molecular formula is C15H22Cl2N2O. The van der Waals surface area contributed by atoms with Crippen LogP contribution in [-0.2, 0) is 4.79 Å². The Hall–Kier alpha value is -0.770. The van der Waals surface area contributed by atoms with E-state index in [4.69, 9.17) is 11.6 Å². The normalized spacial score (nSPS) is 19.5. The summed E-state index contributed by atoms with van der Waals surface area (Å²) in [5, 5.41) is 7.07. The molecule has 2 unspecified atom stereocenters. The van der Waals surface area contributed by atoms with Gasteiger partial charge in [-0.05, 0) is 36.6 Å². The SMILES string of the molecule is CC(C)C(C(=O)NC1CCNC1)c1cccc(Cl)c1.Cl. The molecule has 1 heterocycles. The number of benzene rings is 1. The lowest BCUT2D eigenvalue weighted by Gasteiger charge is -2.23. The van der Waals surface area contributed by atoms with Crippen molar-refractivity contribution in [2.75, 3.05) is 13.1 Å². The summed E-state index contributed by atoms with van der Waals surface area (Å²) in [6.45, 7) is 5.98. The molecule has 20 heavy (non-hydrogen) atoms. The zero-order chi connectivity index (χ0) is 13.8. The Morgan fingerprint density at radius 2 is 2.20 bits per heavy atom. The second-order valence-corrected chi connectivity index (χ2v) is 5.91. The Morgan fingerprint density at radius 1 is 1.45 bits per heavy atom. The van der Waals surface area contributed by atoms with E-state index in [2.05, 4.69) is 24.5 Å². The van der Waals surface area contributed by atoms with Crippen LogP contribution >= 0.6 is 24.0 Å². The minimum Gasteiger partial charge on any atom is -0.352 e.